The minimum atomic E-state index is -1.27. The Morgan fingerprint density at radius 3 is 2.54 bits per heavy atom. The summed E-state index contributed by atoms with van der Waals surface area (Å²) < 4.78 is 5.41. The molecule has 130 valence electrons. The molecule has 0 aliphatic heterocycles. The van der Waals surface area contributed by atoms with Crippen LogP contribution in [0.3, 0.4) is 0 Å². The van der Waals surface area contributed by atoms with Gasteiger partial charge in [0.1, 0.15) is 0 Å². The third-order valence-corrected chi connectivity index (χ3v) is 3.92. The minimum absolute atomic E-state index is 0.241. The van der Waals surface area contributed by atoms with E-state index in [1.807, 2.05) is 50.3 Å². The van der Waals surface area contributed by atoms with Crippen LogP contribution in [-0.4, -0.2) is 12.6 Å². The number of ether oxygens (including phenoxy) is 1. The van der Waals surface area contributed by atoms with Crippen molar-refractivity contribution in [3.63, 3.8) is 0 Å². The molecule has 0 radical (unpaired) electrons. The van der Waals surface area contributed by atoms with E-state index in [1.54, 1.807) is 0 Å². The lowest BCUT2D eigenvalue weighted by molar-refractivity contribution is -0.149. The molecule has 0 spiro atoms. The number of allylic oxidation sites excluding steroid dienone is 2. The number of carbonyl (C=O) groups excluding carboxylic acids is 1. The second-order valence-electron chi connectivity index (χ2n) is 6.55. The monoisotopic (exact) mass is 327 g/mol. The van der Waals surface area contributed by atoms with Gasteiger partial charge in [0.15, 0.2) is 5.41 Å². The van der Waals surface area contributed by atoms with Gasteiger partial charge in [-0.2, -0.15) is 5.26 Å². The van der Waals surface area contributed by atoms with Gasteiger partial charge in [-0.1, -0.05) is 76.1 Å². The van der Waals surface area contributed by atoms with Crippen molar-refractivity contribution in [2.24, 2.45) is 5.92 Å². The predicted octanol–water partition coefficient (Wildman–Crippen LogP) is 5.17. The van der Waals surface area contributed by atoms with Crippen LogP contribution in [0.5, 0.6) is 0 Å². The number of hydrogen-bond acceptors (Lipinski definition) is 3. The second-order valence-corrected chi connectivity index (χ2v) is 6.55. The summed E-state index contributed by atoms with van der Waals surface area (Å²) in [6.07, 6.45) is 8.85. The van der Waals surface area contributed by atoms with Crippen LogP contribution in [0.4, 0.5) is 0 Å². The molecule has 24 heavy (non-hydrogen) atoms. The molecular formula is C21H29NO2. The van der Waals surface area contributed by atoms with Gasteiger partial charge in [0, 0.05) is 0 Å². The summed E-state index contributed by atoms with van der Waals surface area (Å²) in [6.45, 7) is 6.47. The van der Waals surface area contributed by atoms with Crippen molar-refractivity contribution in [3.05, 3.63) is 48.0 Å². The molecule has 0 bridgehead atoms. The number of nitriles is 1. The molecule has 0 aliphatic rings. The molecule has 0 heterocycles. The summed E-state index contributed by atoms with van der Waals surface area (Å²) in [6, 6.07) is 11.5. The van der Waals surface area contributed by atoms with Crippen LogP contribution in [0.1, 0.15) is 58.4 Å². The van der Waals surface area contributed by atoms with Gasteiger partial charge >= 0.3 is 5.97 Å². The van der Waals surface area contributed by atoms with Crippen LogP contribution in [0.25, 0.3) is 0 Å². The van der Waals surface area contributed by atoms with Crippen LogP contribution in [-0.2, 0) is 14.9 Å². The second kappa shape index (κ2) is 10.6. The van der Waals surface area contributed by atoms with E-state index in [0.717, 1.165) is 12.8 Å². The van der Waals surface area contributed by atoms with Gasteiger partial charge in [-0.15, -0.1) is 0 Å². The first-order valence-electron chi connectivity index (χ1n) is 8.85. The Bertz CT molecular complexity index is 557. The summed E-state index contributed by atoms with van der Waals surface area (Å²) in [5, 5.41) is 9.82. The van der Waals surface area contributed by atoms with Crippen LogP contribution >= 0.6 is 0 Å². The number of esters is 1. The van der Waals surface area contributed by atoms with E-state index in [2.05, 4.69) is 19.1 Å². The molecule has 0 saturated heterocycles. The zero-order valence-electron chi connectivity index (χ0n) is 15.1. The highest BCUT2D eigenvalue weighted by Crippen LogP contribution is 2.30. The number of hydrogen-bond donors (Lipinski definition) is 0. The molecule has 0 fully saturated rings. The molecule has 1 atom stereocenters. The maximum absolute atomic E-state index is 12.7. The zero-order chi connectivity index (χ0) is 17.8. The summed E-state index contributed by atoms with van der Waals surface area (Å²) in [7, 11) is 0. The van der Waals surface area contributed by atoms with Gasteiger partial charge in [0.2, 0.25) is 0 Å². The molecule has 0 aromatic heterocycles. The van der Waals surface area contributed by atoms with Crippen molar-refractivity contribution < 1.29 is 9.53 Å². The Hall–Kier alpha value is -2.08. The molecule has 3 nitrogen and oxygen atoms in total. The summed E-state index contributed by atoms with van der Waals surface area (Å²) in [5.41, 5.74) is -0.573. The molecule has 0 amide bonds. The standard InChI is InChI=1S/C21H29NO2/c1-4-5-6-7-8-12-15-21(17-22,19-13-10-9-11-14-19)20(23)24-16-18(2)3/h8-14,18H,4-7,15-16H2,1-3H3/b12-8+/t21-/m0/s1. The van der Waals surface area contributed by atoms with E-state index in [4.69, 9.17) is 4.74 Å². The SMILES string of the molecule is CCCCC/C=C/C[C@@](C#N)(C(=O)OCC(C)C)c1ccccc1. The molecule has 1 aromatic rings. The highest BCUT2D eigenvalue weighted by molar-refractivity contribution is 5.87. The van der Waals surface area contributed by atoms with Crippen LogP contribution < -0.4 is 0 Å². The summed E-state index contributed by atoms with van der Waals surface area (Å²) in [5.74, 6) is -0.214. The van der Waals surface area contributed by atoms with E-state index in [-0.39, 0.29) is 5.92 Å². The Labute approximate surface area is 146 Å². The van der Waals surface area contributed by atoms with Crippen molar-refractivity contribution in [2.45, 2.75) is 58.3 Å². The predicted molar refractivity (Wildman–Crippen MR) is 97.4 cm³/mol. The molecular weight excluding hydrogens is 298 g/mol. The van der Waals surface area contributed by atoms with E-state index >= 15 is 0 Å². The third-order valence-electron chi connectivity index (χ3n) is 3.92. The number of carbonyl (C=O) groups is 1. The maximum Gasteiger partial charge on any atom is 0.331 e. The lowest BCUT2D eigenvalue weighted by Gasteiger charge is -2.24. The molecule has 3 heteroatoms. The molecule has 1 rings (SSSR count). The lowest BCUT2D eigenvalue weighted by Crippen LogP contribution is -2.36. The van der Waals surface area contributed by atoms with Crippen molar-refractivity contribution in [1.82, 2.24) is 0 Å². The van der Waals surface area contributed by atoms with Gasteiger partial charge in [-0.05, 0) is 30.7 Å². The van der Waals surface area contributed by atoms with Crippen molar-refractivity contribution in [1.29, 1.82) is 5.26 Å². The largest absolute Gasteiger partial charge is 0.464 e. The average Bonchev–Trinajstić information content (AvgIpc) is 2.60. The summed E-state index contributed by atoms with van der Waals surface area (Å²) in [4.78, 5) is 12.7. The summed E-state index contributed by atoms with van der Waals surface area (Å²) >= 11 is 0. The highest BCUT2D eigenvalue weighted by Gasteiger charge is 2.41. The third kappa shape index (κ3) is 5.85. The Morgan fingerprint density at radius 2 is 1.96 bits per heavy atom. The molecule has 1 aromatic carbocycles. The Balaban J connectivity index is 2.94. The zero-order valence-corrected chi connectivity index (χ0v) is 15.1. The van der Waals surface area contributed by atoms with Gasteiger partial charge in [0.05, 0.1) is 12.7 Å². The molecule has 0 unspecified atom stereocenters. The smallest absolute Gasteiger partial charge is 0.331 e. The first-order chi connectivity index (χ1) is 11.6. The first kappa shape index (κ1) is 20.0. The number of unbranched alkanes of at least 4 members (excludes halogenated alkanes) is 3. The fourth-order valence-electron chi connectivity index (χ4n) is 2.45. The van der Waals surface area contributed by atoms with E-state index in [9.17, 15) is 10.1 Å². The highest BCUT2D eigenvalue weighted by atomic mass is 16.5. The average molecular weight is 327 g/mol. The van der Waals surface area contributed by atoms with Crippen molar-refractivity contribution in [3.8, 4) is 6.07 Å². The number of nitrogens with zero attached hydrogens (tertiary/aromatic N) is 1. The van der Waals surface area contributed by atoms with E-state index < -0.39 is 11.4 Å². The van der Waals surface area contributed by atoms with Gasteiger partial charge in [-0.25, -0.2) is 4.79 Å². The fraction of sp³-hybridized carbons (Fsp3) is 0.524. The molecule has 0 aliphatic carbocycles. The van der Waals surface area contributed by atoms with Crippen molar-refractivity contribution in [2.75, 3.05) is 6.61 Å². The topological polar surface area (TPSA) is 50.1 Å². The lowest BCUT2D eigenvalue weighted by atomic mass is 9.78. The normalized spacial score (nSPS) is 13.6. The van der Waals surface area contributed by atoms with Gasteiger partial charge in [0.25, 0.3) is 0 Å². The van der Waals surface area contributed by atoms with Gasteiger partial charge in [-0.3, -0.25) is 0 Å². The van der Waals surface area contributed by atoms with Crippen LogP contribution in [0.15, 0.2) is 42.5 Å². The minimum Gasteiger partial charge on any atom is -0.464 e. The first-order valence-corrected chi connectivity index (χ1v) is 8.85. The quantitative estimate of drug-likeness (QED) is 0.338. The Kier molecular flexibility index (Phi) is 8.86. The molecule has 0 N–H and O–H groups in total. The maximum atomic E-state index is 12.7. The van der Waals surface area contributed by atoms with Gasteiger partial charge < -0.3 is 4.74 Å². The van der Waals surface area contributed by atoms with E-state index in [0.29, 0.717) is 18.6 Å². The van der Waals surface area contributed by atoms with Crippen LogP contribution in [0, 0.1) is 17.2 Å². The molecule has 0 saturated carbocycles. The number of rotatable bonds is 10. The fourth-order valence-corrected chi connectivity index (χ4v) is 2.45. The van der Waals surface area contributed by atoms with Crippen molar-refractivity contribution >= 4 is 5.97 Å². The van der Waals surface area contributed by atoms with Crippen LogP contribution in [0.2, 0.25) is 0 Å². The Morgan fingerprint density at radius 1 is 1.25 bits per heavy atom. The number of benzene rings is 1. The van der Waals surface area contributed by atoms with E-state index in [1.165, 1.54) is 12.8 Å².